The monoisotopic (exact) mass is 432 g/mol. The van der Waals surface area contributed by atoms with E-state index in [1.807, 2.05) is 28.9 Å². The van der Waals surface area contributed by atoms with Crippen molar-refractivity contribution in [1.29, 1.82) is 0 Å². The molecule has 0 bridgehead atoms. The Morgan fingerprint density at radius 1 is 1.19 bits per heavy atom. The minimum Gasteiger partial charge on any atom is -0.481 e. The van der Waals surface area contributed by atoms with Gasteiger partial charge >= 0.3 is 0 Å². The SMILES string of the molecule is COc1cc2c(cn1)N(C)C(=O)C(NC(=O)c1nc3n(n1)C(c1ccccc1)CC3)CC2. The summed E-state index contributed by atoms with van der Waals surface area (Å²) < 4.78 is 7.03. The van der Waals surface area contributed by atoms with Crippen LogP contribution < -0.4 is 15.0 Å². The summed E-state index contributed by atoms with van der Waals surface area (Å²) in [6.07, 6.45) is 4.37. The minimum absolute atomic E-state index is 0.0721. The molecule has 0 spiro atoms. The van der Waals surface area contributed by atoms with Crippen LogP contribution in [0.3, 0.4) is 0 Å². The van der Waals surface area contributed by atoms with Gasteiger partial charge in [-0.1, -0.05) is 30.3 Å². The van der Waals surface area contributed by atoms with E-state index in [0.717, 1.165) is 35.5 Å². The molecule has 4 heterocycles. The van der Waals surface area contributed by atoms with Crippen LogP contribution in [0.15, 0.2) is 42.6 Å². The normalized spacial score (nSPS) is 19.8. The molecule has 0 radical (unpaired) electrons. The van der Waals surface area contributed by atoms with Crippen LogP contribution in [0.25, 0.3) is 0 Å². The zero-order valence-corrected chi connectivity index (χ0v) is 18.0. The van der Waals surface area contributed by atoms with E-state index in [4.69, 9.17) is 4.74 Å². The standard InChI is InChI=1S/C23H24N6O3/c1-28-18-13-24-20(32-2)12-15(18)8-9-16(23(28)31)25-22(30)21-26-19-11-10-17(29(19)27-21)14-6-4-3-5-7-14/h3-7,12-13,16-17H,8-11H2,1-2H3,(H,25,30). The number of nitrogens with zero attached hydrogens (tertiary/aromatic N) is 5. The van der Waals surface area contributed by atoms with Crippen molar-refractivity contribution < 1.29 is 14.3 Å². The topological polar surface area (TPSA) is 102 Å². The summed E-state index contributed by atoms with van der Waals surface area (Å²) in [6.45, 7) is 0. The number of hydrogen-bond acceptors (Lipinski definition) is 6. The van der Waals surface area contributed by atoms with Crippen LogP contribution in [-0.4, -0.2) is 51.8 Å². The highest BCUT2D eigenvalue weighted by Gasteiger charge is 2.33. The van der Waals surface area contributed by atoms with Crippen LogP contribution in [0.5, 0.6) is 5.88 Å². The van der Waals surface area contributed by atoms with Crippen molar-refractivity contribution in [2.24, 2.45) is 0 Å². The first-order valence-electron chi connectivity index (χ1n) is 10.7. The number of carbonyl (C=O) groups is 2. The third kappa shape index (κ3) is 3.49. The van der Waals surface area contributed by atoms with E-state index in [0.29, 0.717) is 18.7 Å². The molecule has 164 valence electrons. The van der Waals surface area contributed by atoms with Crippen molar-refractivity contribution in [3.63, 3.8) is 0 Å². The first-order valence-corrected chi connectivity index (χ1v) is 10.7. The number of fused-ring (bicyclic) bond motifs is 2. The second-order valence-corrected chi connectivity index (χ2v) is 8.08. The van der Waals surface area contributed by atoms with E-state index < -0.39 is 11.9 Å². The van der Waals surface area contributed by atoms with Crippen LogP contribution >= 0.6 is 0 Å². The van der Waals surface area contributed by atoms with E-state index in [1.54, 1.807) is 20.4 Å². The van der Waals surface area contributed by atoms with E-state index in [9.17, 15) is 9.59 Å². The van der Waals surface area contributed by atoms with E-state index in [-0.39, 0.29) is 17.8 Å². The van der Waals surface area contributed by atoms with Gasteiger partial charge in [-0.05, 0) is 30.4 Å². The number of benzene rings is 1. The van der Waals surface area contributed by atoms with Crippen LogP contribution in [0.4, 0.5) is 5.69 Å². The van der Waals surface area contributed by atoms with Gasteiger partial charge in [-0.3, -0.25) is 9.59 Å². The number of nitrogens with one attached hydrogen (secondary N) is 1. The van der Waals surface area contributed by atoms with Gasteiger partial charge in [-0.2, -0.15) is 0 Å². The maximum atomic E-state index is 13.0. The predicted molar refractivity (Wildman–Crippen MR) is 117 cm³/mol. The molecule has 2 aliphatic heterocycles. The first kappa shape index (κ1) is 20.2. The number of carbonyl (C=O) groups excluding carboxylic acids is 2. The first-order chi connectivity index (χ1) is 15.5. The van der Waals surface area contributed by atoms with Crippen molar-refractivity contribution in [2.75, 3.05) is 19.1 Å². The van der Waals surface area contributed by atoms with Crippen molar-refractivity contribution in [3.05, 3.63) is 65.4 Å². The molecule has 0 saturated heterocycles. The molecule has 9 heteroatoms. The lowest BCUT2D eigenvalue weighted by Gasteiger charge is -2.21. The van der Waals surface area contributed by atoms with Gasteiger partial charge in [0.25, 0.3) is 5.91 Å². The molecule has 2 amide bonds. The smallest absolute Gasteiger partial charge is 0.291 e. The maximum Gasteiger partial charge on any atom is 0.291 e. The number of anilines is 1. The molecule has 1 N–H and O–H groups in total. The minimum atomic E-state index is -0.672. The number of amides is 2. The van der Waals surface area contributed by atoms with E-state index in [1.165, 1.54) is 4.90 Å². The Morgan fingerprint density at radius 3 is 2.78 bits per heavy atom. The zero-order chi connectivity index (χ0) is 22.2. The van der Waals surface area contributed by atoms with Crippen LogP contribution in [0, 0.1) is 0 Å². The molecule has 0 fully saturated rings. The molecule has 2 aliphatic rings. The third-order valence-electron chi connectivity index (χ3n) is 6.17. The van der Waals surface area contributed by atoms with Crippen molar-refractivity contribution in [3.8, 4) is 5.88 Å². The number of pyridine rings is 1. The highest BCUT2D eigenvalue weighted by Crippen LogP contribution is 2.30. The summed E-state index contributed by atoms with van der Waals surface area (Å²) in [7, 11) is 3.24. The summed E-state index contributed by atoms with van der Waals surface area (Å²) in [6, 6.07) is 11.3. The molecule has 2 unspecified atom stereocenters. The fourth-order valence-corrected chi connectivity index (χ4v) is 4.46. The van der Waals surface area contributed by atoms with E-state index in [2.05, 4.69) is 32.5 Å². The lowest BCUT2D eigenvalue weighted by Crippen LogP contribution is -2.47. The van der Waals surface area contributed by atoms with Gasteiger partial charge in [0, 0.05) is 19.5 Å². The lowest BCUT2D eigenvalue weighted by molar-refractivity contribution is -0.120. The molecular weight excluding hydrogens is 408 g/mol. The van der Waals surface area contributed by atoms with Crippen LogP contribution in [-0.2, 0) is 17.6 Å². The Labute approximate surface area is 185 Å². The summed E-state index contributed by atoms with van der Waals surface area (Å²) in [5.41, 5.74) is 2.82. The van der Waals surface area contributed by atoms with Gasteiger partial charge < -0.3 is 15.0 Å². The van der Waals surface area contributed by atoms with Gasteiger partial charge in [0.1, 0.15) is 11.9 Å². The Balaban J connectivity index is 1.33. The molecule has 3 aromatic rings. The maximum absolute atomic E-state index is 13.0. The Morgan fingerprint density at radius 2 is 2.00 bits per heavy atom. The highest BCUT2D eigenvalue weighted by atomic mass is 16.5. The molecule has 2 atom stereocenters. The van der Waals surface area contributed by atoms with Gasteiger partial charge in [-0.25, -0.2) is 14.6 Å². The van der Waals surface area contributed by atoms with Gasteiger partial charge in [0.05, 0.1) is 25.0 Å². The number of rotatable bonds is 4. The molecule has 9 nitrogen and oxygen atoms in total. The quantitative estimate of drug-likeness (QED) is 0.676. The van der Waals surface area contributed by atoms with Gasteiger partial charge in [-0.15, -0.1) is 5.10 Å². The second-order valence-electron chi connectivity index (χ2n) is 8.08. The molecule has 0 saturated carbocycles. The van der Waals surface area contributed by atoms with Crippen molar-refractivity contribution >= 4 is 17.5 Å². The van der Waals surface area contributed by atoms with Crippen LogP contribution in [0.1, 0.15) is 46.5 Å². The summed E-state index contributed by atoms with van der Waals surface area (Å²) >= 11 is 0. The van der Waals surface area contributed by atoms with Gasteiger partial charge in [0.2, 0.25) is 17.6 Å². The van der Waals surface area contributed by atoms with Gasteiger partial charge in [0.15, 0.2) is 0 Å². The number of methoxy groups -OCH3 is 1. The molecule has 1 aromatic carbocycles. The third-order valence-corrected chi connectivity index (χ3v) is 6.17. The fraction of sp³-hybridized carbons (Fsp3) is 0.348. The fourth-order valence-electron chi connectivity index (χ4n) is 4.46. The Kier molecular flexibility index (Phi) is 5.08. The molecular formula is C23H24N6O3. The Hall–Kier alpha value is -3.75. The van der Waals surface area contributed by atoms with Crippen molar-refractivity contribution in [2.45, 2.75) is 37.8 Å². The number of aromatic nitrogens is 4. The average molecular weight is 432 g/mol. The number of aryl methyl sites for hydroxylation is 2. The zero-order valence-electron chi connectivity index (χ0n) is 18.0. The van der Waals surface area contributed by atoms with Crippen molar-refractivity contribution in [1.82, 2.24) is 25.1 Å². The summed E-state index contributed by atoms with van der Waals surface area (Å²) in [5.74, 6) is 0.752. The summed E-state index contributed by atoms with van der Waals surface area (Å²) in [4.78, 5) is 36.1. The number of hydrogen-bond donors (Lipinski definition) is 1. The highest BCUT2D eigenvalue weighted by molar-refractivity contribution is 6.01. The average Bonchev–Trinajstić information content (AvgIpc) is 3.39. The predicted octanol–water partition coefficient (Wildman–Crippen LogP) is 1.92. The number of ether oxygens (including phenoxy) is 1. The molecule has 2 aromatic heterocycles. The molecule has 5 rings (SSSR count). The van der Waals surface area contributed by atoms with E-state index >= 15 is 0 Å². The second kappa shape index (κ2) is 8.07. The van der Waals surface area contributed by atoms with Crippen LogP contribution in [0.2, 0.25) is 0 Å². The largest absolute Gasteiger partial charge is 0.481 e. The Bertz CT molecular complexity index is 1180. The molecule has 0 aliphatic carbocycles. The lowest BCUT2D eigenvalue weighted by atomic mass is 10.1. The number of likely N-dealkylation sites (N-methyl/N-ethyl adjacent to an activating group) is 1. The summed E-state index contributed by atoms with van der Waals surface area (Å²) in [5, 5.41) is 7.33. The molecule has 32 heavy (non-hydrogen) atoms.